The maximum Gasteiger partial charge on any atom is 0.226 e. The minimum atomic E-state index is -0.419. The number of rotatable bonds is 5. The SMILES string of the molecule is Cn1ncnc1CNC(=O)[C@H]1CCO[C@@H]1c1ccnn1-c1ccc(F)cc1. The lowest BCUT2D eigenvalue weighted by atomic mass is 9.98. The number of hydrogen-bond donors (Lipinski definition) is 1. The van der Waals surface area contributed by atoms with Gasteiger partial charge in [0.2, 0.25) is 5.91 Å². The van der Waals surface area contributed by atoms with Gasteiger partial charge in [-0.15, -0.1) is 0 Å². The largest absolute Gasteiger partial charge is 0.371 e. The molecule has 8 nitrogen and oxygen atoms in total. The Hall–Kier alpha value is -3.07. The smallest absolute Gasteiger partial charge is 0.226 e. The van der Waals surface area contributed by atoms with Gasteiger partial charge in [0, 0.05) is 19.9 Å². The number of ether oxygens (including phenoxy) is 1. The van der Waals surface area contributed by atoms with Crippen LogP contribution in [0.2, 0.25) is 0 Å². The van der Waals surface area contributed by atoms with Crippen LogP contribution < -0.4 is 5.32 Å². The Bertz CT molecular complexity index is 935. The number of carbonyl (C=O) groups is 1. The third kappa shape index (κ3) is 3.45. The molecule has 140 valence electrons. The fraction of sp³-hybridized carbons (Fsp3) is 0.333. The van der Waals surface area contributed by atoms with E-state index < -0.39 is 6.10 Å². The van der Waals surface area contributed by atoms with Crippen molar-refractivity contribution in [2.75, 3.05) is 6.61 Å². The van der Waals surface area contributed by atoms with Crippen molar-refractivity contribution in [3.05, 3.63) is 60.2 Å². The molecule has 1 fully saturated rings. The molecule has 0 bridgehead atoms. The highest BCUT2D eigenvalue weighted by Gasteiger charge is 2.37. The third-order valence-electron chi connectivity index (χ3n) is 4.69. The molecule has 0 aliphatic carbocycles. The number of halogens is 1. The highest BCUT2D eigenvalue weighted by Crippen LogP contribution is 2.35. The molecule has 1 saturated heterocycles. The van der Waals surface area contributed by atoms with Crippen molar-refractivity contribution < 1.29 is 13.9 Å². The summed E-state index contributed by atoms with van der Waals surface area (Å²) in [6.45, 7) is 0.789. The first-order valence-corrected chi connectivity index (χ1v) is 8.65. The van der Waals surface area contributed by atoms with Crippen LogP contribution in [0.25, 0.3) is 5.69 Å². The van der Waals surface area contributed by atoms with Crippen molar-refractivity contribution in [1.29, 1.82) is 0 Å². The minimum absolute atomic E-state index is 0.104. The molecule has 4 rings (SSSR count). The number of amides is 1. The molecule has 1 aliphatic rings. The van der Waals surface area contributed by atoms with Gasteiger partial charge in [0.1, 0.15) is 24.1 Å². The molecule has 2 aromatic heterocycles. The van der Waals surface area contributed by atoms with E-state index in [1.54, 1.807) is 34.7 Å². The lowest BCUT2D eigenvalue weighted by Gasteiger charge is -2.19. The second-order valence-electron chi connectivity index (χ2n) is 6.35. The van der Waals surface area contributed by atoms with E-state index in [4.69, 9.17) is 4.74 Å². The van der Waals surface area contributed by atoms with Crippen LogP contribution in [-0.2, 0) is 23.1 Å². The van der Waals surface area contributed by atoms with Crippen molar-refractivity contribution in [3.63, 3.8) is 0 Å². The van der Waals surface area contributed by atoms with Gasteiger partial charge in [0.25, 0.3) is 0 Å². The molecule has 2 atom stereocenters. The third-order valence-corrected chi connectivity index (χ3v) is 4.69. The first-order chi connectivity index (χ1) is 13.1. The molecule has 1 amide bonds. The first-order valence-electron chi connectivity index (χ1n) is 8.65. The lowest BCUT2D eigenvalue weighted by molar-refractivity contribution is -0.127. The monoisotopic (exact) mass is 370 g/mol. The van der Waals surface area contributed by atoms with Crippen molar-refractivity contribution >= 4 is 5.91 Å². The summed E-state index contributed by atoms with van der Waals surface area (Å²) >= 11 is 0. The van der Waals surface area contributed by atoms with Gasteiger partial charge in [-0.2, -0.15) is 10.2 Å². The summed E-state index contributed by atoms with van der Waals surface area (Å²) < 4.78 is 22.4. The summed E-state index contributed by atoms with van der Waals surface area (Å²) in [5.41, 5.74) is 1.48. The Labute approximate surface area is 155 Å². The Morgan fingerprint density at radius 2 is 2.11 bits per heavy atom. The number of nitrogens with one attached hydrogen (secondary N) is 1. The molecule has 3 aromatic rings. The van der Waals surface area contributed by atoms with Crippen LogP contribution in [-0.4, -0.2) is 37.1 Å². The van der Waals surface area contributed by atoms with E-state index in [9.17, 15) is 9.18 Å². The van der Waals surface area contributed by atoms with Crippen LogP contribution >= 0.6 is 0 Å². The Kier molecular flexibility index (Phi) is 4.68. The van der Waals surface area contributed by atoms with Crippen LogP contribution in [0.3, 0.4) is 0 Å². The van der Waals surface area contributed by atoms with Crippen LogP contribution in [0.15, 0.2) is 42.9 Å². The average Bonchev–Trinajstić information content (AvgIpc) is 3.40. The average molecular weight is 370 g/mol. The quantitative estimate of drug-likeness (QED) is 0.736. The standard InChI is InChI=1S/C18H19FN6O2/c1-24-16(21-11-23-24)10-20-18(26)14-7-9-27-17(14)15-6-8-22-25(15)13-4-2-12(19)3-5-13/h2-6,8,11,14,17H,7,9-10H2,1H3,(H,20,26)/t14-,17-/m0/s1. The van der Waals surface area contributed by atoms with Gasteiger partial charge in [-0.05, 0) is 36.8 Å². The lowest BCUT2D eigenvalue weighted by Crippen LogP contribution is -2.33. The van der Waals surface area contributed by atoms with E-state index in [2.05, 4.69) is 20.5 Å². The summed E-state index contributed by atoms with van der Waals surface area (Å²) in [4.78, 5) is 16.8. The van der Waals surface area contributed by atoms with E-state index in [1.165, 1.54) is 18.5 Å². The molecule has 0 unspecified atom stereocenters. The first kappa shape index (κ1) is 17.3. The van der Waals surface area contributed by atoms with Crippen LogP contribution in [0, 0.1) is 11.7 Å². The molecule has 0 saturated carbocycles. The van der Waals surface area contributed by atoms with Crippen LogP contribution in [0.1, 0.15) is 24.0 Å². The zero-order valence-electron chi connectivity index (χ0n) is 14.7. The normalized spacial score (nSPS) is 19.3. The fourth-order valence-corrected chi connectivity index (χ4v) is 3.25. The predicted octanol–water partition coefficient (Wildman–Crippen LogP) is 1.53. The molecule has 1 aliphatic heterocycles. The number of aromatic nitrogens is 5. The van der Waals surface area contributed by atoms with E-state index in [1.807, 2.05) is 6.07 Å². The number of carbonyl (C=O) groups excluding carboxylic acids is 1. The summed E-state index contributed by atoms with van der Waals surface area (Å²) in [7, 11) is 1.78. The van der Waals surface area contributed by atoms with Gasteiger partial charge >= 0.3 is 0 Å². The molecular formula is C18H19FN6O2. The second kappa shape index (κ2) is 7.28. The zero-order chi connectivity index (χ0) is 18.8. The van der Waals surface area contributed by atoms with Gasteiger partial charge < -0.3 is 10.1 Å². The number of aryl methyl sites for hydroxylation is 1. The molecule has 9 heteroatoms. The number of nitrogens with zero attached hydrogens (tertiary/aromatic N) is 5. The predicted molar refractivity (Wildman–Crippen MR) is 93.2 cm³/mol. The van der Waals surface area contributed by atoms with E-state index in [0.717, 1.165) is 5.69 Å². The van der Waals surface area contributed by atoms with Crippen molar-refractivity contribution in [2.45, 2.75) is 19.1 Å². The highest BCUT2D eigenvalue weighted by atomic mass is 19.1. The fourth-order valence-electron chi connectivity index (χ4n) is 3.25. The Balaban J connectivity index is 1.52. The number of hydrogen-bond acceptors (Lipinski definition) is 5. The maximum absolute atomic E-state index is 13.2. The summed E-state index contributed by atoms with van der Waals surface area (Å²) in [5.74, 6) is -0.0812. The molecule has 1 N–H and O–H groups in total. The summed E-state index contributed by atoms with van der Waals surface area (Å²) in [6.07, 6.45) is 3.29. The summed E-state index contributed by atoms with van der Waals surface area (Å²) in [5, 5.41) is 11.2. The van der Waals surface area contributed by atoms with Crippen molar-refractivity contribution in [1.82, 2.24) is 29.9 Å². The topological polar surface area (TPSA) is 86.9 Å². The molecular weight excluding hydrogens is 351 g/mol. The van der Waals surface area contributed by atoms with Gasteiger partial charge in [-0.25, -0.2) is 14.1 Å². The Morgan fingerprint density at radius 1 is 1.30 bits per heavy atom. The highest BCUT2D eigenvalue weighted by molar-refractivity contribution is 5.79. The molecule has 0 radical (unpaired) electrons. The van der Waals surface area contributed by atoms with Crippen molar-refractivity contribution in [2.24, 2.45) is 13.0 Å². The minimum Gasteiger partial charge on any atom is -0.371 e. The Morgan fingerprint density at radius 3 is 2.85 bits per heavy atom. The molecule has 3 heterocycles. The van der Waals surface area contributed by atoms with Crippen LogP contribution in [0.5, 0.6) is 0 Å². The molecule has 0 spiro atoms. The zero-order valence-corrected chi connectivity index (χ0v) is 14.7. The van der Waals surface area contributed by atoms with Gasteiger partial charge in [-0.3, -0.25) is 9.48 Å². The second-order valence-corrected chi connectivity index (χ2v) is 6.35. The molecule has 1 aromatic carbocycles. The summed E-state index contributed by atoms with van der Waals surface area (Å²) in [6, 6.07) is 7.86. The maximum atomic E-state index is 13.2. The van der Waals surface area contributed by atoms with Gasteiger partial charge in [0.15, 0.2) is 0 Å². The van der Waals surface area contributed by atoms with Gasteiger partial charge in [-0.1, -0.05) is 0 Å². The number of benzene rings is 1. The van der Waals surface area contributed by atoms with E-state index >= 15 is 0 Å². The molecule has 27 heavy (non-hydrogen) atoms. The van der Waals surface area contributed by atoms with E-state index in [0.29, 0.717) is 31.1 Å². The van der Waals surface area contributed by atoms with Gasteiger partial charge in [0.05, 0.1) is 23.8 Å². The van der Waals surface area contributed by atoms with Crippen LogP contribution in [0.4, 0.5) is 4.39 Å². The van der Waals surface area contributed by atoms with Crippen molar-refractivity contribution in [3.8, 4) is 5.69 Å². The van der Waals surface area contributed by atoms with E-state index in [-0.39, 0.29) is 17.6 Å².